The zero-order chi connectivity index (χ0) is 23.0. The van der Waals surface area contributed by atoms with Crippen molar-refractivity contribution in [1.29, 1.82) is 0 Å². The molecule has 4 rings (SSSR count). The summed E-state index contributed by atoms with van der Waals surface area (Å²) in [4.78, 5) is 30.9. The first-order valence-electron chi connectivity index (χ1n) is 11.9. The largest absolute Gasteiger partial charge is 0.375 e. The second-order valence-electron chi connectivity index (χ2n) is 8.82. The number of carbonyl (C=O) groups is 2. The number of nitrogens with zero attached hydrogens (tertiary/aromatic N) is 2. The molecule has 33 heavy (non-hydrogen) atoms. The molecule has 2 atom stereocenters. The van der Waals surface area contributed by atoms with Crippen molar-refractivity contribution in [2.24, 2.45) is 0 Å². The number of rotatable bonds is 8. The van der Waals surface area contributed by atoms with E-state index in [-0.39, 0.29) is 24.4 Å². The standard InChI is InChI=1S/C27H33N3O2S/c1-29(22-13-6-3-7-14-22)18-10-17-28-26(31)20-30-23-15-8-9-16-24(23)33-25(27(30)32)19-21-11-4-2-5-12-21/h2-7,11-14,19,23-24H,8-10,15-18,20H2,1H3,(H,28,31)/b25-19-. The fourth-order valence-electron chi connectivity index (χ4n) is 4.63. The van der Waals surface area contributed by atoms with Gasteiger partial charge in [-0.3, -0.25) is 9.59 Å². The quantitative estimate of drug-likeness (QED) is 0.461. The molecule has 1 N–H and O–H groups in total. The molecule has 1 saturated heterocycles. The van der Waals surface area contributed by atoms with Gasteiger partial charge in [0.15, 0.2) is 0 Å². The number of amides is 2. The van der Waals surface area contributed by atoms with E-state index in [0.29, 0.717) is 11.8 Å². The van der Waals surface area contributed by atoms with Gasteiger partial charge in [-0.05, 0) is 43.0 Å². The van der Waals surface area contributed by atoms with Crippen LogP contribution in [0.3, 0.4) is 0 Å². The van der Waals surface area contributed by atoms with Crippen molar-refractivity contribution in [3.05, 3.63) is 71.1 Å². The van der Waals surface area contributed by atoms with Gasteiger partial charge in [-0.1, -0.05) is 61.4 Å². The molecular formula is C27H33N3O2S. The minimum Gasteiger partial charge on any atom is -0.375 e. The Morgan fingerprint density at radius 3 is 2.55 bits per heavy atom. The zero-order valence-corrected chi connectivity index (χ0v) is 20.1. The molecule has 0 bridgehead atoms. The smallest absolute Gasteiger partial charge is 0.261 e. The highest BCUT2D eigenvalue weighted by Crippen LogP contribution is 2.42. The van der Waals surface area contributed by atoms with E-state index in [1.165, 1.54) is 12.1 Å². The van der Waals surface area contributed by atoms with Crippen molar-refractivity contribution in [3.63, 3.8) is 0 Å². The molecule has 2 aliphatic rings. The fraction of sp³-hybridized carbons (Fsp3) is 0.407. The molecular weight excluding hydrogens is 430 g/mol. The molecule has 0 aromatic heterocycles. The van der Waals surface area contributed by atoms with Gasteiger partial charge in [0.2, 0.25) is 5.91 Å². The van der Waals surface area contributed by atoms with Crippen molar-refractivity contribution in [2.75, 3.05) is 31.6 Å². The fourth-order valence-corrected chi connectivity index (χ4v) is 6.10. The summed E-state index contributed by atoms with van der Waals surface area (Å²) in [6.45, 7) is 1.60. The summed E-state index contributed by atoms with van der Waals surface area (Å²) in [7, 11) is 2.06. The van der Waals surface area contributed by atoms with Crippen LogP contribution >= 0.6 is 11.8 Å². The average Bonchev–Trinajstić information content (AvgIpc) is 2.85. The molecule has 5 nitrogen and oxygen atoms in total. The van der Waals surface area contributed by atoms with E-state index in [2.05, 4.69) is 29.4 Å². The van der Waals surface area contributed by atoms with E-state index in [9.17, 15) is 9.59 Å². The lowest BCUT2D eigenvalue weighted by Gasteiger charge is -2.43. The maximum Gasteiger partial charge on any atom is 0.261 e. The summed E-state index contributed by atoms with van der Waals surface area (Å²) in [5.74, 6) is -0.0769. The monoisotopic (exact) mass is 463 g/mol. The van der Waals surface area contributed by atoms with Crippen LogP contribution in [-0.2, 0) is 9.59 Å². The van der Waals surface area contributed by atoms with Crippen molar-refractivity contribution >= 4 is 35.3 Å². The van der Waals surface area contributed by atoms with Crippen LogP contribution in [0.5, 0.6) is 0 Å². The van der Waals surface area contributed by atoms with Crippen LogP contribution in [-0.4, -0.2) is 54.7 Å². The van der Waals surface area contributed by atoms with Gasteiger partial charge in [-0.15, -0.1) is 11.8 Å². The van der Waals surface area contributed by atoms with Crippen LogP contribution in [0.2, 0.25) is 0 Å². The summed E-state index contributed by atoms with van der Waals surface area (Å²) in [5, 5.41) is 3.41. The number of fused-ring (bicyclic) bond motifs is 1. The minimum absolute atomic E-state index is 0.00837. The first kappa shape index (κ1) is 23.4. The van der Waals surface area contributed by atoms with Crippen LogP contribution in [0, 0.1) is 0 Å². The summed E-state index contributed by atoms with van der Waals surface area (Å²) in [5.41, 5.74) is 2.19. The summed E-state index contributed by atoms with van der Waals surface area (Å²) < 4.78 is 0. The number of thioether (sulfide) groups is 1. The number of hydrogen-bond acceptors (Lipinski definition) is 4. The lowest BCUT2D eigenvalue weighted by Crippen LogP contribution is -2.54. The summed E-state index contributed by atoms with van der Waals surface area (Å²) in [6, 6.07) is 20.3. The maximum atomic E-state index is 13.3. The number of anilines is 1. The molecule has 2 aromatic rings. The SMILES string of the molecule is CN(CCCNC(=O)CN1C(=O)/C(=C/c2ccccc2)SC2CCCCC21)c1ccccc1. The van der Waals surface area contributed by atoms with Crippen LogP contribution in [0.25, 0.3) is 6.08 Å². The lowest BCUT2D eigenvalue weighted by molar-refractivity contribution is -0.135. The maximum absolute atomic E-state index is 13.3. The van der Waals surface area contributed by atoms with Gasteiger partial charge in [0.25, 0.3) is 5.91 Å². The average molecular weight is 464 g/mol. The van der Waals surface area contributed by atoms with E-state index < -0.39 is 0 Å². The number of hydrogen-bond donors (Lipinski definition) is 1. The number of para-hydroxylation sites is 1. The highest BCUT2D eigenvalue weighted by Gasteiger charge is 2.41. The minimum atomic E-state index is -0.0685. The first-order valence-corrected chi connectivity index (χ1v) is 12.8. The molecule has 1 heterocycles. The third-order valence-electron chi connectivity index (χ3n) is 6.42. The number of nitrogens with one attached hydrogen (secondary N) is 1. The normalized spacial score (nSPS) is 21.5. The molecule has 2 fully saturated rings. The molecule has 2 amide bonds. The Bertz CT molecular complexity index is 964. The number of benzene rings is 2. The zero-order valence-electron chi connectivity index (χ0n) is 19.3. The molecule has 0 radical (unpaired) electrons. The first-order chi connectivity index (χ1) is 16.1. The number of carbonyl (C=O) groups excluding carboxylic acids is 2. The van der Waals surface area contributed by atoms with Crippen LogP contribution in [0.4, 0.5) is 5.69 Å². The van der Waals surface area contributed by atoms with Gasteiger partial charge in [-0.25, -0.2) is 0 Å². The third kappa shape index (κ3) is 6.20. The summed E-state index contributed by atoms with van der Waals surface area (Å²) >= 11 is 1.70. The van der Waals surface area contributed by atoms with E-state index in [1.54, 1.807) is 11.8 Å². The molecule has 2 unspecified atom stereocenters. The highest BCUT2D eigenvalue weighted by molar-refractivity contribution is 8.04. The van der Waals surface area contributed by atoms with Gasteiger partial charge in [-0.2, -0.15) is 0 Å². The van der Waals surface area contributed by atoms with Crippen LogP contribution in [0.15, 0.2) is 65.6 Å². The van der Waals surface area contributed by atoms with Crippen LogP contribution in [0.1, 0.15) is 37.7 Å². The second kappa shape index (κ2) is 11.4. The Balaban J connectivity index is 1.34. The van der Waals surface area contributed by atoms with Gasteiger partial charge in [0, 0.05) is 37.1 Å². The van der Waals surface area contributed by atoms with Gasteiger partial charge in [0.05, 0.1) is 4.91 Å². The Morgan fingerprint density at radius 1 is 1.09 bits per heavy atom. The Labute approximate surface area is 201 Å². The Hall–Kier alpha value is -2.73. The van der Waals surface area contributed by atoms with E-state index in [4.69, 9.17) is 0 Å². The molecule has 1 saturated carbocycles. The lowest BCUT2D eigenvalue weighted by atomic mass is 9.93. The van der Waals surface area contributed by atoms with Crippen molar-refractivity contribution in [3.8, 4) is 0 Å². The predicted octanol–water partition coefficient (Wildman–Crippen LogP) is 4.56. The second-order valence-corrected chi connectivity index (χ2v) is 10.1. The van der Waals surface area contributed by atoms with E-state index in [1.807, 2.05) is 59.5 Å². The van der Waals surface area contributed by atoms with Crippen molar-refractivity contribution in [2.45, 2.75) is 43.4 Å². The predicted molar refractivity (Wildman–Crippen MR) is 137 cm³/mol. The third-order valence-corrected chi connectivity index (χ3v) is 7.82. The highest BCUT2D eigenvalue weighted by atomic mass is 32.2. The molecule has 6 heteroatoms. The molecule has 2 aromatic carbocycles. The van der Waals surface area contributed by atoms with Crippen molar-refractivity contribution < 1.29 is 9.59 Å². The molecule has 174 valence electrons. The topological polar surface area (TPSA) is 52.7 Å². The van der Waals surface area contributed by atoms with E-state index >= 15 is 0 Å². The van der Waals surface area contributed by atoms with Crippen molar-refractivity contribution in [1.82, 2.24) is 10.2 Å². The Morgan fingerprint density at radius 2 is 1.79 bits per heavy atom. The van der Waals surface area contributed by atoms with Gasteiger partial charge in [0.1, 0.15) is 6.54 Å². The van der Waals surface area contributed by atoms with Gasteiger partial charge >= 0.3 is 0 Å². The molecule has 1 aliphatic heterocycles. The molecule has 1 aliphatic carbocycles. The van der Waals surface area contributed by atoms with Crippen LogP contribution < -0.4 is 10.2 Å². The Kier molecular flexibility index (Phi) is 8.10. The summed E-state index contributed by atoms with van der Waals surface area (Å²) in [6.07, 6.45) is 7.22. The van der Waals surface area contributed by atoms with E-state index in [0.717, 1.165) is 42.7 Å². The van der Waals surface area contributed by atoms with Gasteiger partial charge < -0.3 is 15.1 Å². The molecule has 0 spiro atoms.